The highest BCUT2D eigenvalue weighted by molar-refractivity contribution is 7.22. The first-order valence-electron chi connectivity index (χ1n) is 10.9. The second kappa shape index (κ2) is 8.88. The number of methoxy groups -OCH3 is 2. The number of anilines is 1. The lowest BCUT2D eigenvalue weighted by Gasteiger charge is -2.23. The maximum absolute atomic E-state index is 13.4. The number of ether oxygens (including phenoxy) is 2. The average molecular weight is 487 g/mol. The van der Waals surface area contributed by atoms with Gasteiger partial charge in [0.1, 0.15) is 17.3 Å². The van der Waals surface area contributed by atoms with Crippen molar-refractivity contribution in [3.63, 3.8) is 0 Å². The Morgan fingerprint density at radius 3 is 2.46 bits per heavy atom. The number of carbonyl (C=O) groups is 2. The number of hydrogen-bond acceptors (Lipinski definition) is 7. The van der Waals surface area contributed by atoms with Crippen LogP contribution < -0.4 is 14.4 Å². The van der Waals surface area contributed by atoms with Gasteiger partial charge in [-0.2, -0.15) is 0 Å². The molecule has 0 saturated carbocycles. The van der Waals surface area contributed by atoms with E-state index in [0.29, 0.717) is 33.3 Å². The van der Waals surface area contributed by atoms with Crippen molar-refractivity contribution < 1.29 is 24.2 Å². The highest BCUT2D eigenvalue weighted by Crippen LogP contribution is 2.44. The molecule has 0 aliphatic carbocycles. The summed E-state index contributed by atoms with van der Waals surface area (Å²) >= 11 is 1.29. The van der Waals surface area contributed by atoms with E-state index in [4.69, 9.17) is 9.47 Å². The third-order valence-corrected chi connectivity index (χ3v) is 6.95. The number of aliphatic hydroxyl groups excluding tert-OH is 1. The highest BCUT2D eigenvalue weighted by Gasteiger charge is 2.48. The Bertz CT molecular complexity index is 1510. The van der Waals surface area contributed by atoms with Gasteiger partial charge in [-0.1, -0.05) is 53.3 Å². The van der Waals surface area contributed by atoms with E-state index in [9.17, 15) is 14.7 Å². The van der Waals surface area contributed by atoms with Gasteiger partial charge in [0, 0.05) is 5.56 Å². The molecule has 176 valence electrons. The van der Waals surface area contributed by atoms with E-state index >= 15 is 0 Å². The van der Waals surface area contributed by atoms with E-state index < -0.39 is 17.7 Å². The van der Waals surface area contributed by atoms with Crippen molar-refractivity contribution in [1.82, 2.24) is 4.98 Å². The summed E-state index contributed by atoms with van der Waals surface area (Å²) in [4.78, 5) is 32.8. The van der Waals surface area contributed by atoms with Crippen LogP contribution in [0, 0.1) is 6.92 Å². The largest absolute Gasteiger partial charge is 0.507 e. The third kappa shape index (κ3) is 3.91. The number of carbonyl (C=O) groups excluding carboxylic acids is 2. The summed E-state index contributed by atoms with van der Waals surface area (Å²) in [6.45, 7) is 1.93. The van der Waals surface area contributed by atoms with Crippen LogP contribution in [0.2, 0.25) is 0 Å². The minimum atomic E-state index is -0.844. The molecule has 7 nitrogen and oxygen atoms in total. The third-order valence-electron chi connectivity index (χ3n) is 5.94. The van der Waals surface area contributed by atoms with Crippen LogP contribution in [0.3, 0.4) is 0 Å². The van der Waals surface area contributed by atoms with Crippen LogP contribution in [-0.4, -0.2) is 36.0 Å². The van der Waals surface area contributed by atoms with E-state index in [1.54, 1.807) is 37.4 Å². The van der Waals surface area contributed by atoms with E-state index in [2.05, 4.69) is 4.98 Å². The van der Waals surface area contributed by atoms with E-state index in [1.807, 2.05) is 43.3 Å². The molecule has 1 N–H and O–H groups in total. The monoisotopic (exact) mass is 486 g/mol. The maximum Gasteiger partial charge on any atom is 0.301 e. The Balaban J connectivity index is 1.72. The predicted molar refractivity (Wildman–Crippen MR) is 135 cm³/mol. The van der Waals surface area contributed by atoms with Crippen molar-refractivity contribution in [3.05, 3.63) is 89.0 Å². The van der Waals surface area contributed by atoms with Crippen LogP contribution in [0.25, 0.3) is 16.0 Å². The zero-order valence-corrected chi connectivity index (χ0v) is 20.1. The van der Waals surface area contributed by atoms with E-state index in [0.717, 1.165) is 10.3 Å². The van der Waals surface area contributed by atoms with Crippen LogP contribution in [0.15, 0.2) is 72.3 Å². The molecule has 1 aliphatic heterocycles. The maximum atomic E-state index is 13.4. The molecule has 1 unspecified atom stereocenters. The number of ketones is 1. The molecule has 5 rings (SSSR count). The molecule has 1 aromatic heterocycles. The lowest BCUT2D eigenvalue weighted by atomic mass is 9.94. The van der Waals surface area contributed by atoms with Gasteiger partial charge in [-0.3, -0.25) is 14.5 Å². The fourth-order valence-electron chi connectivity index (χ4n) is 4.23. The summed E-state index contributed by atoms with van der Waals surface area (Å²) in [6.07, 6.45) is 0. The molecule has 8 heteroatoms. The number of aromatic nitrogens is 1. The topological polar surface area (TPSA) is 89.0 Å². The smallest absolute Gasteiger partial charge is 0.301 e. The van der Waals surface area contributed by atoms with E-state index in [1.165, 1.54) is 23.3 Å². The molecule has 1 fully saturated rings. The molecule has 1 amide bonds. The number of rotatable bonds is 5. The number of nitrogens with zero attached hydrogens (tertiary/aromatic N) is 2. The molecule has 0 bridgehead atoms. The zero-order valence-electron chi connectivity index (χ0n) is 19.3. The molecule has 2 heterocycles. The summed E-state index contributed by atoms with van der Waals surface area (Å²) in [6, 6.07) is 18.9. The zero-order chi connectivity index (χ0) is 24.7. The summed E-state index contributed by atoms with van der Waals surface area (Å²) in [5, 5.41) is 11.7. The summed E-state index contributed by atoms with van der Waals surface area (Å²) < 4.78 is 11.4. The van der Waals surface area contributed by atoms with Crippen LogP contribution in [0.1, 0.15) is 22.7 Å². The fourth-order valence-corrected chi connectivity index (χ4v) is 5.25. The standard InChI is InChI=1S/C27H22N2O5S/c1-15-6-4-7-16(12-15)23-22(24(30)17-8-5-9-18(13-17)33-2)25(31)26(32)29(23)27-28-20-11-10-19(34-3)14-21(20)35-27/h4-14,23,30H,1-3H3/b24-22+. The number of amides is 1. The Labute approximate surface area is 205 Å². The Hall–Kier alpha value is -4.17. The van der Waals surface area contributed by atoms with Crippen molar-refractivity contribution in [2.75, 3.05) is 19.1 Å². The van der Waals surface area contributed by atoms with Crippen molar-refractivity contribution in [3.8, 4) is 11.5 Å². The van der Waals surface area contributed by atoms with Gasteiger partial charge < -0.3 is 14.6 Å². The van der Waals surface area contributed by atoms with Gasteiger partial charge in [0.15, 0.2) is 5.13 Å². The molecule has 4 aromatic rings. The van der Waals surface area contributed by atoms with Crippen LogP contribution in [0.5, 0.6) is 11.5 Å². The van der Waals surface area contributed by atoms with Gasteiger partial charge in [0.2, 0.25) is 0 Å². The Morgan fingerprint density at radius 2 is 1.71 bits per heavy atom. The molecule has 0 spiro atoms. The van der Waals surface area contributed by atoms with Gasteiger partial charge >= 0.3 is 5.91 Å². The molecule has 3 aromatic carbocycles. The van der Waals surface area contributed by atoms with Gasteiger partial charge in [-0.15, -0.1) is 0 Å². The first kappa shape index (κ1) is 22.6. The summed E-state index contributed by atoms with van der Waals surface area (Å²) in [7, 11) is 3.10. The Morgan fingerprint density at radius 1 is 0.971 bits per heavy atom. The summed E-state index contributed by atoms with van der Waals surface area (Å²) in [5.41, 5.74) is 2.73. The second-order valence-corrected chi connectivity index (χ2v) is 9.15. The predicted octanol–water partition coefficient (Wildman–Crippen LogP) is 5.25. The normalized spacial score (nSPS) is 17.2. The van der Waals surface area contributed by atoms with Crippen LogP contribution >= 0.6 is 11.3 Å². The van der Waals surface area contributed by atoms with E-state index in [-0.39, 0.29) is 11.3 Å². The average Bonchev–Trinajstić information content (AvgIpc) is 3.41. The van der Waals surface area contributed by atoms with Crippen molar-refractivity contribution in [2.24, 2.45) is 0 Å². The van der Waals surface area contributed by atoms with Gasteiger partial charge in [0.05, 0.1) is 36.1 Å². The lowest BCUT2D eigenvalue weighted by Crippen LogP contribution is -2.29. The molecular weight excluding hydrogens is 464 g/mol. The molecule has 1 atom stereocenters. The van der Waals surface area contributed by atoms with Crippen LogP contribution in [0.4, 0.5) is 5.13 Å². The molecule has 0 radical (unpaired) electrons. The molecule has 35 heavy (non-hydrogen) atoms. The number of hydrogen-bond donors (Lipinski definition) is 1. The number of aryl methyl sites for hydroxylation is 1. The van der Waals surface area contributed by atoms with Gasteiger partial charge in [-0.05, 0) is 42.8 Å². The van der Waals surface area contributed by atoms with Gasteiger partial charge in [-0.25, -0.2) is 4.98 Å². The number of benzene rings is 3. The first-order chi connectivity index (χ1) is 16.9. The molecular formula is C27H22N2O5S. The van der Waals surface area contributed by atoms with Crippen molar-refractivity contribution in [1.29, 1.82) is 0 Å². The first-order valence-corrected chi connectivity index (χ1v) is 11.7. The fraction of sp³-hybridized carbons (Fsp3) is 0.148. The minimum absolute atomic E-state index is 0.00527. The Kier molecular flexibility index (Phi) is 5.74. The van der Waals surface area contributed by atoms with Gasteiger partial charge in [0.25, 0.3) is 5.78 Å². The van der Waals surface area contributed by atoms with Crippen molar-refractivity contribution >= 4 is 44.1 Å². The lowest BCUT2D eigenvalue weighted by molar-refractivity contribution is -0.132. The number of aliphatic hydroxyl groups is 1. The highest BCUT2D eigenvalue weighted by atomic mass is 32.1. The number of Topliss-reactive ketones (excluding diaryl/α,β-unsaturated/α-hetero) is 1. The van der Waals surface area contributed by atoms with Crippen molar-refractivity contribution in [2.45, 2.75) is 13.0 Å². The molecule has 1 saturated heterocycles. The number of thiazole rings is 1. The molecule has 1 aliphatic rings. The minimum Gasteiger partial charge on any atom is -0.507 e. The van der Waals surface area contributed by atoms with Crippen LogP contribution in [-0.2, 0) is 9.59 Å². The number of fused-ring (bicyclic) bond motifs is 1. The summed E-state index contributed by atoms with van der Waals surface area (Å²) in [5.74, 6) is -0.585. The second-order valence-electron chi connectivity index (χ2n) is 8.15. The SMILES string of the molecule is COc1cccc(/C(O)=C2\C(=O)C(=O)N(c3nc4ccc(OC)cc4s3)C2c2cccc(C)c2)c1. The quantitative estimate of drug-likeness (QED) is 0.236.